The van der Waals surface area contributed by atoms with Crippen molar-refractivity contribution in [3.05, 3.63) is 53.7 Å². The third kappa shape index (κ3) is 2.85. The van der Waals surface area contributed by atoms with Gasteiger partial charge < -0.3 is 10.5 Å². The van der Waals surface area contributed by atoms with Crippen LogP contribution in [0, 0.1) is 6.92 Å². The van der Waals surface area contributed by atoms with Crippen molar-refractivity contribution >= 4 is 11.6 Å². The molecule has 4 nitrogen and oxygen atoms in total. The lowest BCUT2D eigenvalue weighted by Gasteiger charge is -2.07. The number of ether oxygens (including phenoxy) is 1. The predicted molar refractivity (Wildman–Crippen MR) is 69.7 cm³/mol. The van der Waals surface area contributed by atoms with Crippen LogP contribution < -0.4 is 10.5 Å². The van der Waals surface area contributed by atoms with Crippen molar-refractivity contribution in [1.29, 1.82) is 0 Å². The fraction of sp³-hybridized carbons (Fsp3) is 0.143. The molecule has 0 atom stereocenters. The number of benzene rings is 1. The van der Waals surface area contributed by atoms with E-state index in [1.807, 2.05) is 25.1 Å². The van der Waals surface area contributed by atoms with Gasteiger partial charge in [-0.15, -0.1) is 0 Å². The minimum absolute atomic E-state index is 0.0423. The molecule has 92 valence electrons. The maximum absolute atomic E-state index is 11.9. The Balaban J connectivity index is 2.06. The Bertz CT molecular complexity index is 553. The molecule has 0 radical (unpaired) electrons. The summed E-state index contributed by atoms with van der Waals surface area (Å²) in [5.74, 6) is 0.722. The SMILES string of the molecule is Cc1cnc(N)c(C(=O)COc2ccccc2)c1. The number of anilines is 1. The van der Waals surface area contributed by atoms with Crippen LogP contribution in [-0.4, -0.2) is 17.4 Å². The van der Waals surface area contributed by atoms with Crippen LogP contribution in [0.25, 0.3) is 0 Å². The lowest BCUT2D eigenvalue weighted by molar-refractivity contribution is 0.0922. The lowest BCUT2D eigenvalue weighted by Crippen LogP contribution is -2.14. The summed E-state index contributed by atoms with van der Waals surface area (Å²) in [5, 5.41) is 0. The van der Waals surface area contributed by atoms with Gasteiger partial charge in [-0.2, -0.15) is 0 Å². The summed E-state index contributed by atoms with van der Waals surface area (Å²) >= 11 is 0. The number of hydrogen-bond acceptors (Lipinski definition) is 4. The number of nitrogens with two attached hydrogens (primary N) is 1. The van der Waals surface area contributed by atoms with Gasteiger partial charge in [0, 0.05) is 6.20 Å². The van der Waals surface area contributed by atoms with E-state index in [4.69, 9.17) is 10.5 Å². The number of Topliss-reactive ketones (excluding diaryl/α,β-unsaturated/α-hetero) is 1. The molecule has 0 saturated carbocycles. The number of pyridine rings is 1. The molecule has 1 aromatic carbocycles. The zero-order valence-corrected chi connectivity index (χ0v) is 10.1. The van der Waals surface area contributed by atoms with E-state index in [-0.39, 0.29) is 18.2 Å². The minimum atomic E-state index is -0.174. The molecular weight excluding hydrogens is 228 g/mol. The molecule has 0 aliphatic carbocycles. The number of hydrogen-bond donors (Lipinski definition) is 1. The number of nitrogens with zero attached hydrogens (tertiary/aromatic N) is 1. The van der Waals surface area contributed by atoms with Crippen molar-refractivity contribution in [2.75, 3.05) is 12.3 Å². The quantitative estimate of drug-likeness (QED) is 0.835. The van der Waals surface area contributed by atoms with E-state index < -0.39 is 0 Å². The lowest BCUT2D eigenvalue weighted by atomic mass is 10.1. The first-order valence-corrected chi connectivity index (χ1v) is 5.60. The van der Waals surface area contributed by atoms with Crippen molar-refractivity contribution < 1.29 is 9.53 Å². The molecular formula is C14H14N2O2. The van der Waals surface area contributed by atoms with Gasteiger partial charge in [0.25, 0.3) is 0 Å². The molecule has 0 bridgehead atoms. The highest BCUT2D eigenvalue weighted by Crippen LogP contribution is 2.13. The van der Waals surface area contributed by atoms with Crippen molar-refractivity contribution in [2.24, 2.45) is 0 Å². The summed E-state index contributed by atoms with van der Waals surface area (Å²) in [6.45, 7) is 1.82. The summed E-state index contributed by atoms with van der Waals surface area (Å²) < 4.78 is 5.38. The first-order valence-electron chi connectivity index (χ1n) is 5.60. The van der Waals surface area contributed by atoms with E-state index in [0.717, 1.165) is 5.56 Å². The van der Waals surface area contributed by atoms with Gasteiger partial charge in [-0.3, -0.25) is 4.79 Å². The number of rotatable bonds is 4. The summed E-state index contributed by atoms with van der Waals surface area (Å²) in [6.07, 6.45) is 1.63. The van der Waals surface area contributed by atoms with Crippen molar-refractivity contribution in [2.45, 2.75) is 6.92 Å². The Labute approximate surface area is 105 Å². The van der Waals surface area contributed by atoms with E-state index in [9.17, 15) is 4.79 Å². The number of carbonyl (C=O) groups excluding carboxylic acids is 1. The molecule has 0 spiro atoms. The highest BCUT2D eigenvalue weighted by Gasteiger charge is 2.11. The van der Waals surface area contributed by atoms with Gasteiger partial charge in [0.2, 0.25) is 5.78 Å². The summed E-state index contributed by atoms with van der Waals surface area (Å²) in [7, 11) is 0. The molecule has 4 heteroatoms. The second-order valence-corrected chi connectivity index (χ2v) is 3.97. The van der Waals surface area contributed by atoms with Crippen LogP contribution in [0.2, 0.25) is 0 Å². The van der Waals surface area contributed by atoms with Crippen molar-refractivity contribution in [1.82, 2.24) is 4.98 Å². The number of aromatic nitrogens is 1. The van der Waals surface area contributed by atoms with Gasteiger partial charge in [0.1, 0.15) is 11.6 Å². The topological polar surface area (TPSA) is 65.2 Å². The largest absolute Gasteiger partial charge is 0.485 e. The van der Waals surface area contributed by atoms with Crippen LogP contribution in [0.5, 0.6) is 5.75 Å². The first kappa shape index (κ1) is 12.1. The fourth-order valence-electron chi connectivity index (χ4n) is 1.55. The highest BCUT2D eigenvalue weighted by atomic mass is 16.5. The van der Waals surface area contributed by atoms with Gasteiger partial charge in [-0.1, -0.05) is 18.2 Å². The Hall–Kier alpha value is -2.36. The number of nitrogen functional groups attached to an aromatic ring is 1. The van der Waals surface area contributed by atoms with Crippen molar-refractivity contribution in [3.8, 4) is 5.75 Å². The summed E-state index contributed by atoms with van der Waals surface area (Å²) in [6, 6.07) is 10.9. The molecule has 2 aromatic rings. The summed E-state index contributed by atoms with van der Waals surface area (Å²) in [5.41, 5.74) is 6.98. The van der Waals surface area contributed by atoms with Crippen LogP contribution in [0.4, 0.5) is 5.82 Å². The Morgan fingerprint density at radius 3 is 2.78 bits per heavy atom. The average Bonchev–Trinajstić information content (AvgIpc) is 2.40. The minimum Gasteiger partial charge on any atom is -0.485 e. The Kier molecular flexibility index (Phi) is 3.57. The molecule has 2 rings (SSSR count). The molecule has 0 unspecified atom stereocenters. The smallest absolute Gasteiger partial charge is 0.203 e. The molecule has 0 aliphatic heterocycles. The molecule has 0 aliphatic rings. The monoisotopic (exact) mass is 242 g/mol. The number of para-hydroxylation sites is 1. The highest BCUT2D eigenvalue weighted by molar-refractivity contribution is 6.01. The zero-order chi connectivity index (χ0) is 13.0. The normalized spacial score (nSPS) is 10.1. The van der Waals surface area contributed by atoms with Gasteiger partial charge in [-0.05, 0) is 30.7 Å². The summed E-state index contributed by atoms with van der Waals surface area (Å²) in [4.78, 5) is 15.9. The van der Waals surface area contributed by atoms with Crippen molar-refractivity contribution in [3.63, 3.8) is 0 Å². The third-order valence-electron chi connectivity index (χ3n) is 2.47. The molecule has 18 heavy (non-hydrogen) atoms. The molecule has 1 heterocycles. The van der Waals surface area contributed by atoms with Gasteiger partial charge >= 0.3 is 0 Å². The standard InChI is InChI=1S/C14H14N2O2/c1-10-7-12(14(15)16-8-10)13(17)9-18-11-5-3-2-4-6-11/h2-8H,9H2,1H3,(H2,15,16). The van der Waals surface area contributed by atoms with Crippen LogP contribution in [0.15, 0.2) is 42.6 Å². The second kappa shape index (κ2) is 5.31. The maximum Gasteiger partial charge on any atom is 0.203 e. The molecule has 0 fully saturated rings. The van der Waals surface area contributed by atoms with E-state index in [1.54, 1.807) is 24.4 Å². The molecule has 2 N–H and O–H groups in total. The van der Waals surface area contributed by atoms with Crippen LogP contribution in [0.1, 0.15) is 15.9 Å². The third-order valence-corrected chi connectivity index (χ3v) is 2.47. The number of ketones is 1. The number of carbonyl (C=O) groups is 1. The van der Waals surface area contributed by atoms with Crippen LogP contribution >= 0.6 is 0 Å². The number of aryl methyl sites for hydroxylation is 1. The van der Waals surface area contributed by atoms with Gasteiger partial charge in [0.15, 0.2) is 6.61 Å². The van der Waals surface area contributed by atoms with Crippen LogP contribution in [-0.2, 0) is 0 Å². The molecule has 0 amide bonds. The maximum atomic E-state index is 11.9. The van der Waals surface area contributed by atoms with E-state index in [0.29, 0.717) is 11.3 Å². The zero-order valence-electron chi connectivity index (χ0n) is 10.1. The average molecular weight is 242 g/mol. The molecule has 1 aromatic heterocycles. The van der Waals surface area contributed by atoms with Crippen LogP contribution in [0.3, 0.4) is 0 Å². The van der Waals surface area contributed by atoms with E-state index in [2.05, 4.69) is 4.98 Å². The van der Waals surface area contributed by atoms with Gasteiger partial charge in [-0.25, -0.2) is 4.98 Å². The van der Waals surface area contributed by atoms with E-state index >= 15 is 0 Å². The fourth-order valence-corrected chi connectivity index (χ4v) is 1.55. The predicted octanol–water partition coefficient (Wildman–Crippen LogP) is 2.23. The Morgan fingerprint density at radius 2 is 2.06 bits per heavy atom. The molecule has 0 saturated heterocycles. The van der Waals surface area contributed by atoms with Gasteiger partial charge in [0.05, 0.1) is 5.56 Å². The van der Waals surface area contributed by atoms with E-state index in [1.165, 1.54) is 0 Å². The second-order valence-electron chi connectivity index (χ2n) is 3.97. The first-order chi connectivity index (χ1) is 8.66. The Morgan fingerprint density at radius 1 is 1.33 bits per heavy atom.